The van der Waals surface area contributed by atoms with E-state index in [0.717, 1.165) is 23.2 Å². The number of nitrogens with zero attached hydrogens (tertiary/aromatic N) is 4. The molecule has 0 radical (unpaired) electrons. The molecule has 5 rings (SSSR count). The van der Waals surface area contributed by atoms with Crippen LogP contribution in [0.4, 0.5) is 5.82 Å². The molecule has 1 N–H and O–H groups in total. The molecular formula is C24H20ClN5O2. The van der Waals surface area contributed by atoms with Gasteiger partial charge in [0.15, 0.2) is 5.82 Å². The van der Waals surface area contributed by atoms with Gasteiger partial charge in [-0.2, -0.15) is 5.10 Å². The van der Waals surface area contributed by atoms with Crippen molar-refractivity contribution in [2.45, 2.75) is 18.9 Å². The van der Waals surface area contributed by atoms with Crippen molar-refractivity contribution in [2.75, 3.05) is 5.32 Å². The van der Waals surface area contributed by atoms with Crippen molar-refractivity contribution >= 4 is 23.3 Å². The highest BCUT2D eigenvalue weighted by atomic mass is 35.5. The first-order valence-corrected chi connectivity index (χ1v) is 10.6. The van der Waals surface area contributed by atoms with Gasteiger partial charge in [0.2, 0.25) is 5.91 Å². The van der Waals surface area contributed by atoms with Crippen molar-refractivity contribution in [1.82, 2.24) is 19.7 Å². The van der Waals surface area contributed by atoms with Gasteiger partial charge >= 0.3 is 0 Å². The molecule has 7 nitrogen and oxygen atoms in total. The summed E-state index contributed by atoms with van der Waals surface area (Å²) in [5.41, 5.74) is 3.12. The minimum atomic E-state index is -0.0890. The molecule has 2 heterocycles. The predicted molar refractivity (Wildman–Crippen MR) is 121 cm³/mol. The van der Waals surface area contributed by atoms with Crippen molar-refractivity contribution < 1.29 is 9.53 Å². The Morgan fingerprint density at radius 3 is 2.84 bits per heavy atom. The Labute approximate surface area is 190 Å². The molecule has 1 fully saturated rings. The third-order valence-electron chi connectivity index (χ3n) is 5.43. The lowest BCUT2D eigenvalue weighted by molar-refractivity contribution is -0.117. The first kappa shape index (κ1) is 20.2. The molecule has 0 bridgehead atoms. The van der Waals surface area contributed by atoms with Crippen LogP contribution in [0, 0.1) is 5.92 Å². The molecule has 8 heteroatoms. The number of hydrogen-bond donors (Lipinski definition) is 1. The number of carbonyl (C=O) groups excluding carboxylic acids is 1. The van der Waals surface area contributed by atoms with Gasteiger partial charge in [-0.25, -0.2) is 4.98 Å². The lowest BCUT2D eigenvalue weighted by atomic mass is 10.1. The Kier molecular flexibility index (Phi) is 5.56. The second kappa shape index (κ2) is 8.80. The van der Waals surface area contributed by atoms with E-state index in [1.54, 1.807) is 18.6 Å². The highest BCUT2D eigenvalue weighted by Crippen LogP contribution is 2.48. The molecule has 0 aliphatic heterocycles. The number of amides is 1. The maximum atomic E-state index is 12.6. The predicted octanol–water partition coefficient (Wildman–Crippen LogP) is 4.64. The topological polar surface area (TPSA) is 81.9 Å². The van der Waals surface area contributed by atoms with E-state index in [4.69, 9.17) is 16.3 Å². The minimum Gasteiger partial charge on any atom is -0.487 e. The van der Waals surface area contributed by atoms with Crippen LogP contribution >= 0.6 is 11.6 Å². The number of halogens is 1. The molecule has 1 aliphatic rings. The maximum Gasteiger partial charge on any atom is 0.229 e. The second-order valence-electron chi connectivity index (χ2n) is 7.69. The molecular weight excluding hydrogens is 426 g/mol. The van der Waals surface area contributed by atoms with Gasteiger partial charge in [0.05, 0.1) is 12.5 Å². The first-order valence-electron chi connectivity index (χ1n) is 10.2. The maximum absolute atomic E-state index is 12.6. The van der Waals surface area contributed by atoms with Crippen LogP contribution in [0.25, 0.3) is 5.69 Å². The van der Waals surface area contributed by atoms with Crippen molar-refractivity contribution in [2.24, 2.45) is 5.92 Å². The zero-order valence-corrected chi connectivity index (χ0v) is 17.8. The van der Waals surface area contributed by atoms with E-state index in [1.165, 1.54) is 6.20 Å². The average Bonchev–Trinajstić information content (AvgIpc) is 3.44. The van der Waals surface area contributed by atoms with Crippen molar-refractivity contribution in [3.63, 3.8) is 0 Å². The van der Waals surface area contributed by atoms with E-state index in [-0.39, 0.29) is 17.7 Å². The largest absolute Gasteiger partial charge is 0.487 e. The summed E-state index contributed by atoms with van der Waals surface area (Å²) in [5.74, 6) is 0.938. The molecule has 32 heavy (non-hydrogen) atoms. The fraction of sp³-hybridized carbons (Fsp3) is 0.167. The van der Waals surface area contributed by atoms with Gasteiger partial charge in [-0.15, -0.1) is 5.10 Å². The van der Waals surface area contributed by atoms with Crippen LogP contribution in [0.3, 0.4) is 0 Å². The molecule has 4 aromatic rings. The Balaban J connectivity index is 1.17. The van der Waals surface area contributed by atoms with Gasteiger partial charge in [0, 0.05) is 35.1 Å². The SMILES string of the molecule is O=C(Nc1cc(OCc2ccc(-n3ccnc3)cc2)cnn1)C1C[C@@H]1c1cccc(Cl)c1. The van der Waals surface area contributed by atoms with Crippen LogP contribution in [-0.4, -0.2) is 25.7 Å². The molecule has 2 aromatic heterocycles. The number of carbonyl (C=O) groups is 1. The number of rotatable bonds is 7. The fourth-order valence-electron chi connectivity index (χ4n) is 3.64. The molecule has 2 aromatic carbocycles. The van der Waals surface area contributed by atoms with Gasteiger partial charge in [-0.3, -0.25) is 4.79 Å². The summed E-state index contributed by atoms with van der Waals surface area (Å²) < 4.78 is 7.77. The van der Waals surface area contributed by atoms with E-state index < -0.39 is 0 Å². The third-order valence-corrected chi connectivity index (χ3v) is 5.66. The summed E-state index contributed by atoms with van der Waals surface area (Å²) in [7, 11) is 0. The van der Waals surface area contributed by atoms with Crippen molar-refractivity contribution in [3.8, 4) is 11.4 Å². The normalized spacial score (nSPS) is 17.0. The van der Waals surface area contributed by atoms with Gasteiger partial charge < -0.3 is 14.6 Å². The zero-order valence-electron chi connectivity index (χ0n) is 17.1. The van der Waals surface area contributed by atoms with Gasteiger partial charge in [-0.1, -0.05) is 35.9 Å². The zero-order chi connectivity index (χ0) is 21.9. The van der Waals surface area contributed by atoms with E-state index in [0.29, 0.717) is 23.2 Å². The Bertz CT molecular complexity index is 1230. The number of ether oxygens (including phenoxy) is 1. The molecule has 1 unspecified atom stereocenters. The fourth-order valence-corrected chi connectivity index (χ4v) is 3.84. The van der Waals surface area contributed by atoms with Crippen LogP contribution in [-0.2, 0) is 11.4 Å². The molecule has 0 spiro atoms. The quantitative estimate of drug-likeness (QED) is 0.448. The Morgan fingerprint density at radius 2 is 2.06 bits per heavy atom. The highest BCUT2D eigenvalue weighted by Gasteiger charge is 2.44. The van der Waals surface area contributed by atoms with Gasteiger partial charge in [0.25, 0.3) is 0 Å². The lowest BCUT2D eigenvalue weighted by Crippen LogP contribution is -2.16. The molecule has 0 saturated heterocycles. The minimum absolute atomic E-state index is 0.0727. The lowest BCUT2D eigenvalue weighted by Gasteiger charge is -2.09. The molecule has 160 valence electrons. The highest BCUT2D eigenvalue weighted by molar-refractivity contribution is 6.30. The van der Waals surface area contributed by atoms with Crippen LogP contribution < -0.4 is 10.1 Å². The van der Waals surface area contributed by atoms with Crippen molar-refractivity contribution in [1.29, 1.82) is 0 Å². The van der Waals surface area contributed by atoms with E-state index in [2.05, 4.69) is 20.5 Å². The molecule has 1 amide bonds. The molecule has 1 saturated carbocycles. The third kappa shape index (κ3) is 4.63. The van der Waals surface area contributed by atoms with Crippen LogP contribution in [0.5, 0.6) is 5.75 Å². The number of imidazole rings is 1. The summed E-state index contributed by atoms with van der Waals surface area (Å²) in [5, 5.41) is 11.5. The summed E-state index contributed by atoms with van der Waals surface area (Å²) in [6, 6.07) is 17.3. The van der Waals surface area contributed by atoms with Gasteiger partial charge in [-0.05, 0) is 47.7 Å². The number of hydrogen-bond acceptors (Lipinski definition) is 5. The Hall–Kier alpha value is -3.71. The van der Waals surface area contributed by atoms with Crippen LogP contribution in [0.1, 0.15) is 23.5 Å². The first-order chi connectivity index (χ1) is 15.7. The number of aromatic nitrogens is 4. The van der Waals surface area contributed by atoms with Crippen molar-refractivity contribution in [3.05, 3.63) is 95.7 Å². The van der Waals surface area contributed by atoms with Crippen LogP contribution in [0.15, 0.2) is 79.5 Å². The average molecular weight is 446 g/mol. The Morgan fingerprint density at radius 1 is 1.19 bits per heavy atom. The molecule has 1 aliphatic carbocycles. The smallest absolute Gasteiger partial charge is 0.229 e. The van der Waals surface area contributed by atoms with E-state index >= 15 is 0 Å². The second-order valence-corrected chi connectivity index (χ2v) is 8.13. The van der Waals surface area contributed by atoms with E-state index in [1.807, 2.05) is 59.3 Å². The molecule has 2 atom stereocenters. The standard InChI is InChI=1S/C24H20ClN5O2/c25-18-3-1-2-17(10-18)21-12-22(21)24(31)28-23-11-20(13-27-29-23)32-14-16-4-6-19(7-5-16)30-9-8-26-15-30/h1-11,13,15,21-22H,12,14H2,(H,28,29,31)/t21-,22?/m1/s1. The van der Waals surface area contributed by atoms with E-state index in [9.17, 15) is 4.79 Å². The number of nitrogens with one attached hydrogen (secondary N) is 1. The summed E-state index contributed by atoms with van der Waals surface area (Å²) >= 11 is 6.06. The number of benzene rings is 2. The summed E-state index contributed by atoms with van der Waals surface area (Å²) in [4.78, 5) is 16.7. The monoisotopic (exact) mass is 445 g/mol. The van der Waals surface area contributed by atoms with Gasteiger partial charge in [0.1, 0.15) is 12.4 Å². The van der Waals surface area contributed by atoms with Crippen LogP contribution in [0.2, 0.25) is 5.02 Å². The summed E-state index contributed by atoms with van der Waals surface area (Å²) in [6.45, 7) is 0.378. The summed E-state index contributed by atoms with van der Waals surface area (Å²) in [6.07, 6.45) is 7.71. The number of anilines is 1.